The van der Waals surface area contributed by atoms with Crippen LogP contribution in [0.15, 0.2) is 42.9 Å². The molecule has 1 aromatic carbocycles. The van der Waals surface area contributed by atoms with E-state index < -0.39 is 30.5 Å². The molecule has 5 aliphatic rings. The van der Waals surface area contributed by atoms with Crippen molar-refractivity contribution in [2.75, 3.05) is 42.9 Å². The quantitative estimate of drug-likeness (QED) is 0.142. The van der Waals surface area contributed by atoms with Gasteiger partial charge in [-0.15, -0.1) is 5.10 Å². The van der Waals surface area contributed by atoms with E-state index in [-0.39, 0.29) is 47.1 Å². The number of ketones is 1. The first-order valence-electron chi connectivity index (χ1n) is 22.3. The maximum atomic E-state index is 14.5. The van der Waals surface area contributed by atoms with E-state index in [1.807, 2.05) is 34.7 Å². The lowest BCUT2D eigenvalue weighted by atomic mass is 9.86. The van der Waals surface area contributed by atoms with E-state index in [2.05, 4.69) is 42.7 Å². The number of aryl methyl sites for hydroxylation is 1. The number of aliphatic hydroxyl groups excluding tert-OH is 2. The third-order valence-corrected chi connectivity index (χ3v) is 14.0. The van der Waals surface area contributed by atoms with Crippen LogP contribution in [0.3, 0.4) is 0 Å². The largest absolute Gasteiger partial charge is 0.442 e. The van der Waals surface area contributed by atoms with Crippen molar-refractivity contribution < 1.29 is 33.3 Å². The van der Waals surface area contributed by atoms with E-state index >= 15 is 0 Å². The summed E-state index contributed by atoms with van der Waals surface area (Å²) >= 11 is 0. The second-order valence-electron chi connectivity index (χ2n) is 18.1. The number of ether oxygens (including phenoxy) is 1. The van der Waals surface area contributed by atoms with Gasteiger partial charge in [-0.1, -0.05) is 18.1 Å². The number of benzene rings is 1. The van der Waals surface area contributed by atoms with E-state index in [1.165, 1.54) is 10.7 Å². The number of piperidine rings is 2. The highest BCUT2D eigenvalue weighted by atomic mass is 19.3. The van der Waals surface area contributed by atoms with E-state index in [4.69, 9.17) is 9.84 Å². The first kappa shape index (κ1) is 41.5. The van der Waals surface area contributed by atoms with Crippen molar-refractivity contribution in [1.82, 2.24) is 44.4 Å². The molecule has 18 heteroatoms. The molecular formula is C45H53F2N11O5. The maximum absolute atomic E-state index is 14.5. The summed E-state index contributed by atoms with van der Waals surface area (Å²) in [7, 11) is 0. The number of amides is 1. The number of anilines is 2. The molecule has 16 nitrogen and oxygen atoms in total. The van der Waals surface area contributed by atoms with Crippen molar-refractivity contribution >= 4 is 39.7 Å². The normalized spacial score (nSPS) is 27.7. The molecule has 2 bridgehead atoms. The molecule has 1 amide bonds. The number of carbonyl (C=O) groups is 2. The molecule has 4 N–H and O–H groups in total. The second-order valence-corrected chi connectivity index (χ2v) is 18.1. The fourth-order valence-electron chi connectivity index (χ4n) is 10.8. The van der Waals surface area contributed by atoms with E-state index in [0.29, 0.717) is 49.7 Å². The van der Waals surface area contributed by atoms with Gasteiger partial charge in [-0.05, 0) is 88.3 Å². The summed E-state index contributed by atoms with van der Waals surface area (Å²) < 4.78 is 39.9. The number of nitrogens with zero attached hydrogens (tertiary/aromatic N) is 9. The number of Topliss-reactive ketones (excluding diaryl/α,β-unsaturated/α-hetero) is 1. The monoisotopic (exact) mass is 865 g/mol. The van der Waals surface area contributed by atoms with Crippen LogP contribution in [0.25, 0.3) is 16.6 Å². The van der Waals surface area contributed by atoms with Gasteiger partial charge in [0.25, 0.3) is 12.3 Å². The molecule has 332 valence electrons. The molecule has 5 aromatic rings. The average molecular weight is 866 g/mol. The molecule has 2 aliphatic carbocycles. The lowest BCUT2D eigenvalue weighted by Gasteiger charge is -2.32. The molecule has 7 heterocycles. The highest BCUT2D eigenvalue weighted by molar-refractivity contribution is 6.12. The number of halogens is 2. The summed E-state index contributed by atoms with van der Waals surface area (Å²) in [4.78, 5) is 35.5. The summed E-state index contributed by atoms with van der Waals surface area (Å²) in [5.74, 6) is 3.52. The van der Waals surface area contributed by atoms with Gasteiger partial charge < -0.3 is 25.2 Å². The van der Waals surface area contributed by atoms with Crippen LogP contribution in [0, 0.1) is 36.7 Å². The van der Waals surface area contributed by atoms with Gasteiger partial charge in [-0.2, -0.15) is 10.2 Å². The van der Waals surface area contributed by atoms with Crippen LogP contribution in [0.5, 0.6) is 0 Å². The Morgan fingerprint density at radius 2 is 1.81 bits per heavy atom. The van der Waals surface area contributed by atoms with Crippen molar-refractivity contribution in [2.45, 2.75) is 108 Å². The number of hydrogen-bond acceptors (Lipinski definition) is 12. The summed E-state index contributed by atoms with van der Waals surface area (Å²) in [5, 5.41) is 40.8. The first-order chi connectivity index (χ1) is 30.6. The van der Waals surface area contributed by atoms with Crippen molar-refractivity contribution in [1.29, 1.82) is 0 Å². The van der Waals surface area contributed by atoms with Crippen LogP contribution in [0.1, 0.15) is 104 Å². The van der Waals surface area contributed by atoms with E-state index in [9.17, 15) is 28.6 Å². The highest BCUT2D eigenvalue weighted by Crippen LogP contribution is 2.39. The zero-order valence-corrected chi connectivity index (χ0v) is 35.2. The predicted molar refractivity (Wildman–Crippen MR) is 228 cm³/mol. The maximum Gasteiger partial charge on any atom is 0.284 e. The molecule has 3 aliphatic heterocycles. The van der Waals surface area contributed by atoms with Gasteiger partial charge in [-0.25, -0.2) is 18.3 Å². The summed E-state index contributed by atoms with van der Waals surface area (Å²) in [5.41, 5.74) is 2.84. The number of nitrogens with one attached hydrogen (secondary N) is 2. The third-order valence-electron chi connectivity index (χ3n) is 14.0. The van der Waals surface area contributed by atoms with Crippen molar-refractivity contribution in [3.8, 4) is 12.0 Å². The van der Waals surface area contributed by atoms with Gasteiger partial charge >= 0.3 is 0 Å². The van der Waals surface area contributed by atoms with Crippen LogP contribution in [-0.4, -0.2) is 112 Å². The summed E-state index contributed by atoms with van der Waals surface area (Å²) in [6.45, 7) is 5.52. The Hall–Kier alpha value is -5.48. The topological polar surface area (TPSA) is 180 Å². The van der Waals surface area contributed by atoms with E-state index in [0.717, 1.165) is 86.7 Å². The molecule has 3 saturated heterocycles. The van der Waals surface area contributed by atoms with Gasteiger partial charge in [-0.3, -0.25) is 29.2 Å². The molecule has 10 rings (SSSR count). The second kappa shape index (κ2) is 17.2. The fraction of sp³-hybridized carbons (Fsp3) is 0.556. The SMILES string of the molecule is Cc1nn([C@H]2CC[C@H](O)N[C@H]2O)c2cccc(CC#CO[C@H]3CCN(CC4CCC(n5cc(NC(=O)c6c(N7CC8CCC(C7)C8=O)nn7cccnc67)c(C(F)F)n5)CC4)C3)c12. The predicted octanol–water partition coefficient (Wildman–Crippen LogP) is 4.78. The molecule has 2 saturated carbocycles. The Balaban J connectivity index is 0.729. The number of aromatic nitrogens is 7. The Kier molecular flexibility index (Phi) is 11.4. The number of likely N-dealkylation sites (tertiary alicyclic amines) is 1. The van der Waals surface area contributed by atoms with Crippen LogP contribution < -0.4 is 15.5 Å². The molecule has 63 heavy (non-hydrogen) atoms. The Labute approximate surface area is 362 Å². The van der Waals surface area contributed by atoms with Crippen LogP contribution >= 0.6 is 0 Å². The van der Waals surface area contributed by atoms with Crippen molar-refractivity contribution in [3.63, 3.8) is 0 Å². The first-order valence-corrected chi connectivity index (χ1v) is 22.3. The molecule has 0 spiro atoms. The zero-order chi connectivity index (χ0) is 43.4. The minimum atomic E-state index is -2.89. The number of hydrogen-bond donors (Lipinski definition) is 4. The van der Waals surface area contributed by atoms with Gasteiger partial charge in [0, 0.05) is 75.0 Å². The minimum absolute atomic E-state index is 0.0157. The van der Waals surface area contributed by atoms with Crippen LogP contribution in [0.4, 0.5) is 20.3 Å². The highest BCUT2D eigenvalue weighted by Gasteiger charge is 2.43. The van der Waals surface area contributed by atoms with Gasteiger partial charge in [0.15, 0.2) is 17.2 Å². The smallest absolute Gasteiger partial charge is 0.284 e. The number of carbonyl (C=O) groups excluding carboxylic acids is 2. The number of alkyl halides is 2. The lowest BCUT2D eigenvalue weighted by Crippen LogP contribution is -2.48. The molecule has 2 unspecified atom stereocenters. The van der Waals surface area contributed by atoms with Gasteiger partial charge in [0.1, 0.15) is 36.0 Å². The Morgan fingerprint density at radius 1 is 1.00 bits per heavy atom. The van der Waals surface area contributed by atoms with Crippen molar-refractivity contribution in [3.05, 3.63) is 65.4 Å². The summed E-state index contributed by atoms with van der Waals surface area (Å²) in [6.07, 6.45) is 10.8. The van der Waals surface area contributed by atoms with Crippen molar-refractivity contribution in [2.24, 2.45) is 17.8 Å². The van der Waals surface area contributed by atoms with Gasteiger partial charge in [0.05, 0.1) is 29.0 Å². The number of aliphatic hydroxyl groups is 2. The third kappa shape index (κ3) is 8.16. The standard InChI is InChI=1S/C45H53F2N11O5/c1-26-37-28(5-2-7-34(37)58(51-26)35-14-15-36(59)50-44(35)61)6-3-20-63-32-16-19-54(24-32)21-27-8-12-31(13-9-27)57-25-33(39(52-57)41(46)47)49-45(62)38-42-48-17-4-18-56(42)53-43(38)55-22-29-10-11-30(23-55)40(29)60/h2,4-5,7,17-18,25,27,29-32,35-36,41,44,50,59,61H,6,8-16,19,21-24H2,1H3,(H,49,62)/t27?,29?,30?,31?,32-,35-,36-,44-/m0/s1. The molecule has 4 aromatic heterocycles. The van der Waals surface area contributed by atoms with E-state index in [1.54, 1.807) is 23.1 Å². The molecule has 0 radical (unpaired) electrons. The Bertz CT molecular complexity index is 2560. The van der Waals surface area contributed by atoms with Gasteiger partial charge in [0.2, 0.25) is 0 Å². The molecule has 6 atom stereocenters. The number of rotatable bonds is 10. The molecule has 5 fully saturated rings. The van der Waals surface area contributed by atoms with Crippen LogP contribution in [0.2, 0.25) is 0 Å². The fourth-order valence-corrected chi connectivity index (χ4v) is 10.8. The lowest BCUT2D eigenvalue weighted by molar-refractivity contribution is -0.124. The van der Waals surface area contributed by atoms with Crippen LogP contribution in [-0.2, 0) is 16.0 Å². The molecular weight excluding hydrogens is 813 g/mol. The average Bonchev–Trinajstić information content (AvgIpc) is 4.10. The Morgan fingerprint density at radius 3 is 2.59 bits per heavy atom. The summed E-state index contributed by atoms with van der Waals surface area (Å²) in [6, 6.07) is 7.39. The zero-order valence-electron chi connectivity index (χ0n) is 35.2. The minimum Gasteiger partial charge on any atom is -0.442 e. The number of fused-ring (bicyclic) bond motifs is 4.